The van der Waals surface area contributed by atoms with Crippen LogP contribution in [0.25, 0.3) is 10.4 Å². The van der Waals surface area contributed by atoms with E-state index in [0.717, 1.165) is 16.2 Å². The van der Waals surface area contributed by atoms with Crippen LogP contribution in [0.15, 0.2) is 17.2 Å². The molecule has 0 saturated heterocycles. The Hall–Kier alpha value is -2.01. The molecule has 1 atom stereocenters. The molecule has 0 N–H and O–H groups in total. The van der Waals surface area contributed by atoms with Crippen LogP contribution < -0.4 is 0 Å². The highest BCUT2D eigenvalue weighted by molar-refractivity contribution is 7.12. The number of esters is 1. The number of hydrogen-bond donors (Lipinski definition) is 0. The molecule has 0 aliphatic rings. The second kappa shape index (κ2) is 10.1. The molecule has 1 unspecified atom stereocenters. The number of nitrogens with zero attached hydrogens (tertiary/aromatic N) is 3. The molecule has 1 rings (SSSR count). The van der Waals surface area contributed by atoms with Crippen LogP contribution in [0, 0.1) is 0 Å². The van der Waals surface area contributed by atoms with Crippen LogP contribution in [-0.4, -0.2) is 31.1 Å². The van der Waals surface area contributed by atoms with Gasteiger partial charge in [-0.3, -0.25) is 4.79 Å². The van der Waals surface area contributed by atoms with Crippen LogP contribution in [0.4, 0.5) is 30.7 Å². The number of halogens is 7. The molecule has 0 saturated carbocycles. The first-order valence-corrected chi connectivity index (χ1v) is 9.19. The lowest BCUT2D eigenvalue weighted by Crippen LogP contribution is -2.53. The molecule has 164 valence electrons. The molecular formula is C16H18F7N3O2S. The Morgan fingerprint density at radius 3 is 2.31 bits per heavy atom. The first kappa shape index (κ1) is 25.0. The summed E-state index contributed by atoms with van der Waals surface area (Å²) in [5.74, 6) is -0.391. The molecule has 13 heteroatoms. The van der Waals surface area contributed by atoms with Crippen LogP contribution in [0.5, 0.6) is 0 Å². The highest BCUT2D eigenvalue weighted by Crippen LogP contribution is 2.49. The van der Waals surface area contributed by atoms with Gasteiger partial charge in [-0.05, 0) is 49.8 Å². The highest BCUT2D eigenvalue weighted by Gasteiger charge is 2.71. The third kappa shape index (κ3) is 6.77. The molecule has 29 heavy (non-hydrogen) atoms. The summed E-state index contributed by atoms with van der Waals surface area (Å²) >= 11 is 1.15. The average molecular weight is 449 g/mol. The fraction of sp³-hybridized carbons (Fsp3) is 0.688. The Balaban J connectivity index is 2.77. The van der Waals surface area contributed by atoms with Crippen LogP contribution in [-0.2, 0) is 16.0 Å². The molecule has 0 spiro atoms. The maximum Gasteiger partial charge on any atom is 0.431 e. The predicted molar refractivity (Wildman–Crippen MR) is 91.0 cm³/mol. The minimum atomic E-state index is -6.10. The van der Waals surface area contributed by atoms with Crippen molar-refractivity contribution >= 4 is 17.3 Å². The Bertz CT molecular complexity index is 713. The van der Waals surface area contributed by atoms with E-state index in [1.54, 1.807) is 6.07 Å². The smallest absolute Gasteiger partial charge is 0.431 e. The van der Waals surface area contributed by atoms with Gasteiger partial charge in [0.25, 0.3) is 5.67 Å². The van der Waals surface area contributed by atoms with E-state index in [2.05, 4.69) is 14.8 Å². The topological polar surface area (TPSA) is 75.1 Å². The normalized spacial score (nSPS) is 13.7. The van der Waals surface area contributed by atoms with E-state index >= 15 is 0 Å². The van der Waals surface area contributed by atoms with Gasteiger partial charge in [0, 0.05) is 21.1 Å². The van der Waals surface area contributed by atoms with E-state index in [1.165, 1.54) is 13.2 Å². The van der Waals surface area contributed by atoms with E-state index in [1.807, 2.05) is 0 Å². The van der Waals surface area contributed by atoms with Crippen molar-refractivity contribution in [2.75, 3.05) is 7.11 Å². The number of carbonyl (C=O) groups excluding carboxylic acids is 1. The number of ether oxygens (including phenoxy) is 1. The zero-order valence-corrected chi connectivity index (χ0v) is 16.0. The van der Waals surface area contributed by atoms with E-state index in [0.29, 0.717) is 17.7 Å². The Labute approximate surface area is 165 Å². The number of alkyl halides is 7. The van der Waals surface area contributed by atoms with Crippen molar-refractivity contribution in [3.05, 3.63) is 32.3 Å². The van der Waals surface area contributed by atoms with Gasteiger partial charge in [-0.1, -0.05) is 5.11 Å². The Morgan fingerprint density at radius 2 is 1.79 bits per heavy atom. The summed E-state index contributed by atoms with van der Waals surface area (Å²) in [7, 11) is 1.25. The van der Waals surface area contributed by atoms with Crippen molar-refractivity contribution in [2.24, 2.45) is 5.11 Å². The maximum atomic E-state index is 13.7. The number of methoxy groups -OCH3 is 1. The molecule has 1 aromatic heterocycles. The van der Waals surface area contributed by atoms with Gasteiger partial charge >= 0.3 is 18.3 Å². The summed E-state index contributed by atoms with van der Waals surface area (Å²) in [6, 6.07) is 2.17. The van der Waals surface area contributed by atoms with E-state index in [-0.39, 0.29) is 12.8 Å². The molecule has 0 fully saturated rings. The zero-order chi connectivity index (χ0) is 22.3. The fourth-order valence-electron chi connectivity index (χ4n) is 2.52. The largest absolute Gasteiger partial charge is 0.469 e. The molecule has 0 bridgehead atoms. The van der Waals surface area contributed by atoms with Gasteiger partial charge in [-0.15, -0.1) is 11.3 Å². The number of rotatable bonds is 10. The standard InChI is InChI=1S/C16H18F7N3O2S/c1-28-13(27)6-2-4-10-7-8-12(29-10)11(25-26-24)5-3-9-14(17,15(18,19)20)16(21,22)23/h7-8,11H,2-6,9H2,1H3. The van der Waals surface area contributed by atoms with Crippen LogP contribution in [0.2, 0.25) is 0 Å². The first-order valence-electron chi connectivity index (χ1n) is 8.37. The van der Waals surface area contributed by atoms with E-state index in [9.17, 15) is 35.5 Å². The van der Waals surface area contributed by atoms with Crippen molar-refractivity contribution in [2.45, 2.75) is 62.6 Å². The third-order valence-electron chi connectivity index (χ3n) is 4.13. The lowest BCUT2D eigenvalue weighted by atomic mass is 9.95. The lowest BCUT2D eigenvalue weighted by Gasteiger charge is -2.30. The molecule has 0 aromatic carbocycles. The monoisotopic (exact) mass is 449 g/mol. The lowest BCUT2D eigenvalue weighted by molar-refractivity contribution is -0.343. The van der Waals surface area contributed by atoms with Crippen molar-refractivity contribution < 1.29 is 40.3 Å². The van der Waals surface area contributed by atoms with Crippen LogP contribution in [0.3, 0.4) is 0 Å². The van der Waals surface area contributed by atoms with Crippen LogP contribution in [0.1, 0.15) is 47.9 Å². The quantitative estimate of drug-likeness (QED) is 0.133. The number of hydrogen-bond acceptors (Lipinski definition) is 4. The molecule has 0 aliphatic carbocycles. The number of azide groups is 1. The maximum absolute atomic E-state index is 13.7. The highest BCUT2D eigenvalue weighted by atomic mass is 32.1. The van der Waals surface area contributed by atoms with Gasteiger partial charge in [-0.2, -0.15) is 26.3 Å². The van der Waals surface area contributed by atoms with Gasteiger partial charge in [-0.25, -0.2) is 4.39 Å². The second-order valence-corrected chi connectivity index (χ2v) is 7.34. The van der Waals surface area contributed by atoms with Crippen molar-refractivity contribution in [3.8, 4) is 0 Å². The van der Waals surface area contributed by atoms with Crippen LogP contribution >= 0.6 is 11.3 Å². The molecule has 0 amide bonds. The molecule has 1 heterocycles. The average Bonchev–Trinajstić information content (AvgIpc) is 3.07. The van der Waals surface area contributed by atoms with Crippen molar-refractivity contribution in [3.63, 3.8) is 0 Å². The van der Waals surface area contributed by atoms with E-state index in [4.69, 9.17) is 5.53 Å². The van der Waals surface area contributed by atoms with E-state index < -0.39 is 42.9 Å². The number of carbonyl (C=O) groups is 1. The van der Waals surface area contributed by atoms with Gasteiger partial charge < -0.3 is 4.74 Å². The number of aryl methyl sites for hydroxylation is 1. The summed E-state index contributed by atoms with van der Waals surface area (Å²) in [6.45, 7) is 0. The summed E-state index contributed by atoms with van der Waals surface area (Å²) in [6.07, 6.45) is -14.1. The Morgan fingerprint density at radius 1 is 1.17 bits per heavy atom. The van der Waals surface area contributed by atoms with Gasteiger partial charge in [0.2, 0.25) is 0 Å². The van der Waals surface area contributed by atoms with Gasteiger partial charge in [0.15, 0.2) is 0 Å². The second-order valence-electron chi connectivity index (χ2n) is 6.14. The predicted octanol–water partition coefficient (Wildman–Crippen LogP) is 6.60. The Kier molecular flexibility index (Phi) is 8.76. The first-order chi connectivity index (χ1) is 13.4. The third-order valence-corrected chi connectivity index (χ3v) is 5.38. The van der Waals surface area contributed by atoms with Crippen molar-refractivity contribution in [1.82, 2.24) is 0 Å². The molecular weight excluding hydrogens is 431 g/mol. The summed E-state index contributed by atoms with van der Waals surface area (Å²) in [5, 5.41) is 3.41. The molecule has 0 aliphatic heterocycles. The number of thiophene rings is 1. The minimum absolute atomic E-state index is 0.178. The zero-order valence-electron chi connectivity index (χ0n) is 15.2. The van der Waals surface area contributed by atoms with Gasteiger partial charge in [0.05, 0.1) is 13.2 Å². The summed E-state index contributed by atoms with van der Waals surface area (Å²) in [5.41, 5.74) is 3.31. The SMILES string of the molecule is COC(=O)CCCc1ccc(C(CCCC(F)(C(F)(F)F)C(F)(F)F)N=[N+]=[N-])s1. The fourth-order valence-corrected chi connectivity index (χ4v) is 3.64. The van der Waals surface area contributed by atoms with Crippen molar-refractivity contribution in [1.29, 1.82) is 0 Å². The minimum Gasteiger partial charge on any atom is -0.469 e. The molecule has 5 nitrogen and oxygen atoms in total. The molecule has 0 radical (unpaired) electrons. The molecule has 1 aromatic rings. The summed E-state index contributed by atoms with van der Waals surface area (Å²) < 4.78 is 93.7. The van der Waals surface area contributed by atoms with Gasteiger partial charge in [0.1, 0.15) is 0 Å². The summed E-state index contributed by atoms with van der Waals surface area (Å²) in [4.78, 5) is 14.9.